The number of hydrogen-bond donors (Lipinski definition) is 3. The predicted molar refractivity (Wildman–Crippen MR) is 81.4 cm³/mol. The Hall–Kier alpha value is -2.22. The number of nitrogens with zero attached hydrogens (tertiary/aromatic N) is 3. The molecule has 0 fully saturated rings. The third-order valence-electron chi connectivity index (χ3n) is 3.03. The van der Waals surface area contributed by atoms with E-state index in [0.717, 1.165) is 15.9 Å². The quantitative estimate of drug-likeness (QED) is 0.566. The van der Waals surface area contributed by atoms with Crippen LogP contribution in [-0.2, 0) is 17.1 Å². The third-order valence-corrected chi connectivity index (χ3v) is 5.61. The molecule has 1 amide bonds. The summed E-state index contributed by atoms with van der Waals surface area (Å²) in [7, 11) is -1.94. The van der Waals surface area contributed by atoms with E-state index in [0.29, 0.717) is 0 Å². The van der Waals surface area contributed by atoms with Crippen molar-refractivity contribution in [3.05, 3.63) is 26.3 Å². The van der Waals surface area contributed by atoms with Gasteiger partial charge in [-0.25, -0.2) is 27.3 Å². The van der Waals surface area contributed by atoms with Crippen molar-refractivity contribution in [3.8, 4) is 6.01 Å². The highest BCUT2D eigenvalue weighted by atomic mass is 32.2. The number of aryl methyl sites for hydroxylation is 1. The van der Waals surface area contributed by atoms with Gasteiger partial charge in [0.05, 0.1) is 7.11 Å². The van der Waals surface area contributed by atoms with Gasteiger partial charge in [0, 0.05) is 22.9 Å². The Balaban J connectivity index is 2.42. The Morgan fingerprint density at radius 2 is 2.08 bits per heavy atom. The highest BCUT2D eigenvalue weighted by Gasteiger charge is 2.29. The van der Waals surface area contributed by atoms with Crippen molar-refractivity contribution in [3.63, 3.8) is 0 Å². The molecule has 0 bridgehead atoms. The molecule has 0 radical (unpaired) electrons. The highest BCUT2D eigenvalue weighted by molar-refractivity contribution is 7.90. The molecule has 11 nitrogen and oxygen atoms in total. The smallest absolute Gasteiger partial charge is 0.360 e. The molecule has 2 aromatic heterocycles. The second kappa shape index (κ2) is 6.35. The molecule has 2 aromatic rings. The monoisotopic (exact) mass is 378 g/mol. The largest absolute Gasteiger partial charge is 0.467 e. The van der Waals surface area contributed by atoms with Crippen LogP contribution in [0, 0.1) is 6.92 Å². The van der Waals surface area contributed by atoms with Gasteiger partial charge in [0.2, 0.25) is 0 Å². The zero-order valence-electron chi connectivity index (χ0n) is 12.7. The average Bonchev–Trinajstić information content (AvgIpc) is 3.01. The van der Waals surface area contributed by atoms with Crippen LogP contribution in [0.4, 0.5) is 4.79 Å². The van der Waals surface area contributed by atoms with E-state index < -0.39 is 32.9 Å². The molecule has 2 heterocycles. The molecule has 0 unspecified atom stereocenters. The van der Waals surface area contributed by atoms with Crippen LogP contribution in [0.25, 0.3) is 0 Å². The molecular formula is C11H14N4O7S2. The molecule has 0 aliphatic rings. The minimum Gasteiger partial charge on any atom is -0.467 e. The summed E-state index contributed by atoms with van der Waals surface area (Å²) in [6.45, 7) is 1.44. The summed E-state index contributed by atoms with van der Waals surface area (Å²) in [5.41, 5.74) is -1.19. The van der Waals surface area contributed by atoms with E-state index >= 15 is 0 Å². The summed E-state index contributed by atoms with van der Waals surface area (Å²) in [5.74, 6) is 0. The SMILES string of the molecule is COc1nn(C(=O)NS(=O)(=O)c2c(C(O)O)csc2C)c(=O)n1C. The minimum absolute atomic E-state index is 0.189. The van der Waals surface area contributed by atoms with E-state index in [2.05, 4.69) is 5.10 Å². The number of aliphatic hydroxyl groups is 2. The van der Waals surface area contributed by atoms with Gasteiger partial charge in [0.25, 0.3) is 10.0 Å². The number of sulfonamides is 1. The van der Waals surface area contributed by atoms with Crippen molar-refractivity contribution < 1.29 is 28.2 Å². The van der Waals surface area contributed by atoms with Crippen LogP contribution in [0.5, 0.6) is 6.01 Å². The predicted octanol–water partition coefficient (Wildman–Crippen LogP) is -1.11. The molecule has 0 atom stereocenters. The summed E-state index contributed by atoms with van der Waals surface area (Å²) in [5, 5.41) is 23.3. The van der Waals surface area contributed by atoms with Gasteiger partial charge in [0.1, 0.15) is 4.90 Å². The summed E-state index contributed by atoms with van der Waals surface area (Å²) >= 11 is 0.964. The Morgan fingerprint density at radius 3 is 2.58 bits per heavy atom. The Morgan fingerprint density at radius 1 is 1.46 bits per heavy atom. The molecule has 3 N–H and O–H groups in total. The third kappa shape index (κ3) is 3.06. The van der Waals surface area contributed by atoms with Crippen LogP contribution >= 0.6 is 11.3 Å². The van der Waals surface area contributed by atoms with Gasteiger partial charge < -0.3 is 14.9 Å². The number of carbonyl (C=O) groups is 1. The number of thiophene rings is 1. The van der Waals surface area contributed by atoms with Crippen molar-refractivity contribution in [2.45, 2.75) is 18.1 Å². The van der Waals surface area contributed by atoms with Crippen LogP contribution in [0.3, 0.4) is 0 Å². The Labute approximate surface area is 139 Å². The number of carbonyl (C=O) groups excluding carboxylic acids is 1. The van der Waals surface area contributed by atoms with Gasteiger partial charge in [-0.2, -0.15) is 0 Å². The van der Waals surface area contributed by atoms with Crippen molar-refractivity contribution in [2.24, 2.45) is 7.05 Å². The summed E-state index contributed by atoms with van der Waals surface area (Å²) in [6, 6.07) is -1.52. The fourth-order valence-corrected chi connectivity index (χ4v) is 4.51. The number of aromatic nitrogens is 3. The fourth-order valence-electron chi connectivity index (χ4n) is 1.92. The van der Waals surface area contributed by atoms with Gasteiger partial charge in [-0.15, -0.1) is 21.1 Å². The molecular weight excluding hydrogens is 364 g/mol. The van der Waals surface area contributed by atoms with E-state index in [9.17, 15) is 28.2 Å². The fraction of sp³-hybridized carbons (Fsp3) is 0.364. The van der Waals surface area contributed by atoms with Crippen molar-refractivity contribution in [1.29, 1.82) is 0 Å². The van der Waals surface area contributed by atoms with Crippen LogP contribution < -0.4 is 15.1 Å². The molecule has 24 heavy (non-hydrogen) atoms. The lowest BCUT2D eigenvalue weighted by atomic mass is 10.3. The van der Waals surface area contributed by atoms with Crippen molar-refractivity contribution in [1.82, 2.24) is 19.1 Å². The first-order valence-electron chi connectivity index (χ1n) is 6.31. The second-order valence-electron chi connectivity index (χ2n) is 4.60. The number of rotatable bonds is 4. The average molecular weight is 378 g/mol. The first kappa shape index (κ1) is 18.1. The molecule has 0 aromatic carbocycles. The van der Waals surface area contributed by atoms with Crippen molar-refractivity contribution >= 4 is 27.4 Å². The number of hydrogen-bond acceptors (Lipinski definition) is 9. The minimum atomic E-state index is -4.46. The van der Waals surface area contributed by atoms with Gasteiger partial charge in [0.15, 0.2) is 6.29 Å². The standard InChI is InChI=1S/C11H14N4O7S2/c1-5-7(6(4-23-5)8(16)17)24(20,21)13-9(18)15-11(19)14(2)10(12-15)22-3/h4,8,16-17H,1-3H3,(H,13,18). The number of aliphatic hydroxyl groups excluding tert-OH is 1. The number of amides is 1. The lowest BCUT2D eigenvalue weighted by molar-refractivity contribution is -0.0443. The first-order valence-corrected chi connectivity index (χ1v) is 8.67. The Kier molecular flexibility index (Phi) is 4.80. The van der Waals surface area contributed by atoms with Crippen LogP contribution in [0.1, 0.15) is 16.7 Å². The lowest BCUT2D eigenvalue weighted by Gasteiger charge is -2.09. The molecule has 2 rings (SSSR count). The van der Waals surface area contributed by atoms with E-state index in [1.807, 2.05) is 0 Å². The van der Waals surface area contributed by atoms with E-state index in [4.69, 9.17) is 4.74 Å². The zero-order chi connectivity index (χ0) is 18.2. The van der Waals surface area contributed by atoms with Crippen LogP contribution in [0.2, 0.25) is 0 Å². The molecule has 0 spiro atoms. The summed E-state index contributed by atoms with van der Waals surface area (Å²) < 4.78 is 32.4. The van der Waals surface area contributed by atoms with E-state index in [1.54, 1.807) is 4.72 Å². The summed E-state index contributed by atoms with van der Waals surface area (Å²) in [4.78, 5) is 23.7. The topological polar surface area (TPSA) is 153 Å². The first-order chi connectivity index (χ1) is 11.1. The van der Waals surface area contributed by atoms with Crippen molar-refractivity contribution in [2.75, 3.05) is 7.11 Å². The number of ether oxygens (including phenoxy) is 1. The van der Waals surface area contributed by atoms with E-state index in [-0.39, 0.29) is 21.1 Å². The normalized spacial score (nSPS) is 11.8. The van der Waals surface area contributed by atoms with Gasteiger partial charge in [-0.3, -0.25) is 0 Å². The molecule has 0 aliphatic carbocycles. The second-order valence-corrected chi connectivity index (χ2v) is 7.30. The van der Waals surface area contributed by atoms with E-state index in [1.165, 1.54) is 26.5 Å². The molecule has 0 aliphatic heterocycles. The summed E-state index contributed by atoms with van der Waals surface area (Å²) in [6.07, 6.45) is -2.03. The zero-order valence-corrected chi connectivity index (χ0v) is 14.4. The van der Waals surface area contributed by atoms with Crippen LogP contribution in [-0.4, -0.2) is 46.1 Å². The molecule has 132 valence electrons. The van der Waals surface area contributed by atoms with Gasteiger partial charge in [-0.1, -0.05) is 0 Å². The number of nitrogens with one attached hydrogen (secondary N) is 1. The van der Waals surface area contributed by atoms with Gasteiger partial charge in [-0.05, 0) is 6.92 Å². The highest BCUT2D eigenvalue weighted by Crippen LogP contribution is 2.30. The lowest BCUT2D eigenvalue weighted by Crippen LogP contribution is -2.40. The maximum Gasteiger partial charge on any atom is 0.360 e. The Bertz CT molecular complexity index is 938. The maximum atomic E-state index is 12.4. The molecule has 0 saturated heterocycles. The van der Waals surface area contributed by atoms with Gasteiger partial charge >= 0.3 is 17.7 Å². The number of methoxy groups -OCH3 is 1. The van der Waals surface area contributed by atoms with Crippen LogP contribution in [0.15, 0.2) is 15.1 Å². The molecule has 0 saturated carbocycles. The molecule has 13 heteroatoms. The maximum absolute atomic E-state index is 12.4.